The smallest absolute Gasteiger partial charge is 0.134 e. The summed E-state index contributed by atoms with van der Waals surface area (Å²) in [7, 11) is 0. The van der Waals surface area contributed by atoms with Crippen LogP contribution in [0.25, 0.3) is 0 Å². The number of nitrogens with zero attached hydrogens (tertiary/aromatic N) is 1. The first-order chi connectivity index (χ1) is 7.22. The minimum atomic E-state index is 0.248. The van der Waals surface area contributed by atoms with Crippen LogP contribution < -0.4 is 4.90 Å². The van der Waals surface area contributed by atoms with Gasteiger partial charge < -0.3 is 4.90 Å². The van der Waals surface area contributed by atoms with E-state index in [1.807, 2.05) is 0 Å². The second-order valence-electron chi connectivity index (χ2n) is 4.12. The maximum Gasteiger partial charge on any atom is 0.134 e. The zero-order chi connectivity index (χ0) is 10.8. The molecule has 0 saturated heterocycles. The third-order valence-electron chi connectivity index (χ3n) is 3.04. The monoisotopic (exact) mass is 203 g/mol. The highest BCUT2D eigenvalue weighted by Crippen LogP contribution is 2.30. The summed E-state index contributed by atoms with van der Waals surface area (Å²) in [6.45, 7) is 5.98. The summed E-state index contributed by atoms with van der Waals surface area (Å²) < 4.78 is 0. The lowest BCUT2D eigenvalue weighted by Gasteiger charge is -2.16. The topological polar surface area (TPSA) is 20.3 Å². The molecular weight excluding hydrogens is 186 g/mol. The van der Waals surface area contributed by atoms with Gasteiger partial charge in [-0.1, -0.05) is 12.1 Å². The van der Waals surface area contributed by atoms with E-state index in [4.69, 9.17) is 0 Å². The first-order valence-electron chi connectivity index (χ1n) is 5.57. The summed E-state index contributed by atoms with van der Waals surface area (Å²) in [4.78, 5) is 13.5. The Morgan fingerprint density at radius 2 is 2.27 bits per heavy atom. The molecule has 0 N–H and O–H groups in total. The Bertz CT molecular complexity index is 384. The Labute approximate surface area is 90.9 Å². The van der Waals surface area contributed by atoms with Crippen LogP contribution in [-0.2, 0) is 17.6 Å². The molecule has 80 valence electrons. The Morgan fingerprint density at radius 3 is 2.93 bits per heavy atom. The van der Waals surface area contributed by atoms with Crippen LogP contribution in [0, 0.1) is 0 Å². The zero-order valence-electron chi connectivity index (χ0n) is 9.42. The van der Waals surface area contributed by atoms with Crippen LogP contribution in [0.4, 0.5) is 5.69 Å². The van der Waals surface area contributed by atoms with Crippen LogP contribution in [-0.4, -0.2) is 18.9 Å². The van der Waals surface area contributed by atoms with Crippen molar-refractivity contribution in [3.63, 3.8) is 0 Å². The first-order valence-corrected chi connectivity index (χ1v) is 5.57. The van der Waals surface area contributed by atoms with Gasteiger partial charge in [-0.3, -0.25) is 4.79 Å². The van der Waals surface area contributed by atoms with Gasteiger partial charge in [-0.15, -0.1) is 0 Å². The highest BCUT2D eigenvalue weighted by molar-refractivity contribution is 5.79. The minimum Gasteiger partial charge on any atom is -0.371 e. The Morgan fingerprint density at radius 1 is 1.47 bits per heavy atom. The summed E-state index contributed by atoms with van der Waals surface area (Å²) in [5, 5.41) is 0. The highest BCUT2D eigenvalue weighted by atomic mass is 16.1. The van der Waals surface area contributed by atoms with Gasteiger partial charge in [0, 0.05) is 25.2 Å². The molecule has 0 bridgehead atoms. The van der Waals surface area contributed by atoms with E-state index in [-0.39, 0.29) is 5.78 Å². The number of fused-ring (bicyclic) bond motifs is 1. The molecule has 1 aliphatic heterocycles. The van der Waals surface area contributed by atoms with Gasteiger partial charge in [0.15, 0.2) is 0 Å². The van der Waals surface area contributed by atoms with E-state index in [1.165, 1.54) is 16.8 Å². The molecule has 1 aromatic carbocycles. The average molecular weight is 203 g/mol. The maximum absolute atomic E-state index is 11.2. The lowest BCUT2D eigenvalue weighted by molar-refractivity contribution is -0.116. The van der Waals surface area contributed by atoms with E-state index in [0.29, 0.717) is 6.42 Å². The molecule has 0 saturated carbocycles. The predicted octanol–water partition coefficient (Wildman–Crippen LogP) is 2.20. The lowest BCUT2D eigenvalue weighted by Crippen LogP contribution is -2.18. The number of hydrogen-bond donors (Lipinski definition) is 0. The minimum absolute atomic E-state index is 0.248. The van der Waals surface area contributed by atoms with Crippen LogP contribution in [0.2, 0.25) is 0 Å². The Balaban J connectivity index is 2.35. The van der Waals surface area contributed by atoms with Gasteiger partial charge in [0.25, 0.3) is 0 Å². The van der Waals surface area contributed by atoms with Crippen molar-refractivity contribution in [1.82, 2.24) is 0 Å². The quantitative estimate of drug-likeness (QED) is 0.750. The predicted molar refractivity (Wildman–Crippen MR) is 62.4 cm³/mol. The van der Waals surface area contributed by atoms with Gasteiger partial charge in [-0.25, -0.2) is 0 Å². The molecule has 0 spiro atoms. The number of hydrogen-bond acceptors (Lipinski definition) is 2. The lowest BCUT2D eigenvalue weighted by atomic mass is 10.0. The fraction of sp³-hybridized carbons (Fsp3) is 0.462. The van der Waals surface area contributed by atoms with Crippen molar-refractivity contribution in [3.8, 4) is 0 Å². The molecule has 1 aliphatic rings. The van der Waals surface area contributed by atoms with E-state index in [2.05, 4.69) is 30.0 Å². The van der Waals surface area contributed by atoms with Crippen LogP contribution in [0.5, 0.6) is 0 Å². The van der Waals surface area contributed by atoms with E-state index < -0.39 is 0 Å². The zero-order valence-corrected chi connectivity index (χ0v) is 9.42. The molecule has 0 atom stereocenters. The fourth-order valence-electron chi connectivity index (χ4n) is 2.34. The van der Waals surface area contributed by atoms with Gasteiger partial charge in [0.2, 0.25) is 0 Å². The standard InChI is InChI=1S/C13H17NO/c1-3-14-8-7-12-11(9-10(2)15)5-4-6-13(12)14/h4-6H,3,7-9H2,1-2H3. The Hall–Kier alpha value is -1.31. The van der Waals surface area contributed by atoms with E-state index >= 15 is 0 Å². The summed E-state index contributed by atoms with van der Waals surface area (Å²) in [6, 6.07) is 6.31. The molecule has 2 rings (SSSR count). The Kier molecular flexibility index (Phi) is 2.76. The summed E-state index contributed by atoms with van der Waals surface area (Å²) in [5.41, 5.74) is 3.93. The van der Waals surface area contributed by atoms with Crippen molar-refractivity contribution in [1.29, 1.82) is 0 Å². The molecule has 1 aromatic rings. The third kappa shape index (κ3) is 1.89. The van der Waals surface area contributed by atoms with Crippen LogP contribution in [0.1, 0.15) is 25.0 Å². The average Bonchev–Trinajstić information content (AvgIpc) is 2.61. The molecule has 2 nitrogen and oxygen atoms in total. The number of carbonyl (C=O) groups is 1. The van der Waals surface area contributed by atoms with Gasteiger partial charge in [-0.05, 0) is 37.5 Å². The number of likely N-dealkylation sites (N-methyl/N-ethyl adjacent to an activating group) is 1. The highest BCUT2D eigenvalue weighted by Gasteiger charge is 2.20. The van der Waals surface area contributed by atoms with Crippen LogP contribution >= 0.6 is 0 Å². The number of Topliss-reactive ketones (excluding diaryl/α,β-unsaturated/α-hetero) is 1. The molecule has 2 heteroatoms. The van der Waals surface area contributed by atoms with Crippen molar-refractivity contribution in [2.24, 2.45) is 0 Å². The number of benzene rings is 1. The van der Waals surface area contributed by atoms with Crippen LogP contribution in [0.3, 0.4) is 0 Å². The molecule has 0 aromatic heterocycles. The number of anilines is 1. The summed E-state index contributed by atoms with van der Waals surface area (Å²) >= 11 is 0. The third-order valence-corrected chi connectivity index (χ3v) is 3.04. The fourth-order valence-corrected chi connectivity index (χ4v) is 2.34. The number of ketones is 1. The SMILES string of the molecule is CCN1CCc2c(CC(C)=O)cccc21. The molecule has 0 fully saturated rings. The second-order valence-corrected chi connectivity index (χ2v) is 4.12. The second kappa shape index (κ2) is 4.05. The van der Waals surface area contributed by atoms with E-state index in [1.54, 1.807) is 6.92 Å². The molecule has 0 radical (unpaired) electrons. The van der Waals surface area contributed by atoms with E-state index in [0.717, 1.165) is 19.5 Å². The molecule has 0 amide bonds. The summed E-state index contributed by atoms with van der Waals surface area (Å²) in [5.74, 6) is 0.248. The summed E-state index contributed by atoms with van der Waals surface area (Å²) in [6.07, 6.45) is 1.67. The number of carbonyl (C=O) groups excluding carboxylic acids is 1. The molecular formula is C13H17NO. The van der Waals surface area contributed by atoms with Gasteiger partial charge in [0.1, 0.15) is 5.78 Å². The van der Waals surface area contributed by atoms with Crippen molar-refractivity contribution in [2.75, 3.05) is 18.0 Å². The van der Waals surface area contributed by atoms with Gasteiger partial charge in [0.05, 0.1) is 0 Å². The first kappa shape index (κ1) is 10.2. The van der Waals surface area contributed by atoms with Crippen LogP contribution in [0.15, 0.2) is 18.2 Å². The van der Waals surface area contributed by atoms with Crippen molar-refractivity contribution < 1.29 is 4.79 Å². The van der Waals surface area contributed by atoms with Crippen molar-refractivity contribution >= 4 is 11.5 Å². The number of rotatable bonds is 3. The van der Waals surface area contributed by atoms with Crippen molar-refractivity contribution in [2.45, 2.75) is 26.7 Å². The maximum atomic E-state index is 11.2. The molecule has 0 aliphatic carbocycles. The molecule has 1 heterocycles. The molecule has 0 unspecified atom stereocenters. The largest absolute Gasteiger partial charge is 0.371 e. The van der Waals surface area contributed by atoms with Gasteiger partial charge in [-0.2, -0.15) is 0 Å². The molecule has 15 heavy (non-hydrogen) atoms. The van der Waals surface area contributed by atoms with E-state index in [9.17, 15) is 4.79 Å². The van der Waals surface area contributed by atoms with Crippen molar-refractivity contribution in [3.05, 3.63) is 29.3 Å². The van der Waals surface area contributed by atoms with Gasteiger partial charge >= 0.3 is 0 Å². The normalized spacial score (nSPS) is 14.1.